The van der Waals surface area contributed by atoms with Crippen molar-refractivity contribution in [3.05, 3.63) is 30.1 Å². The molecule has 1 atom stereocenters. The number of hydrogen-bond acceptors (Lipinski definition) is 4. The molecule has 0 bridgehead atoms. The first-order valence-corrected chi connectivity index (χ1v) is 7.42. The van der Waals surface area contributed by atoms with Crippen LogP contribution in [0.4, 0.5) is 4.39 Å². The highest BCUT2D eigenvalue weighted by Gasteiger charge is 2.11. The van der Waals surface area contributed by atoms with Crippen molar-refractivity contribution in [2.75, 3.05) is 26.1 Å². The average molecular weight is 301 g/mol. The molecule has 1 amide bonds. The first-order valence-electron chi connectivity index (χ1n) is 6.44. The van der Waals surface area contributed by atoms with Crippen LogP contribution in [-0.4, -0.2) is 43.1 Å². The minimum absolute atomic E-state index is 0.00170. The van der Waals surface area contributed by atoms with Crippen LogP contribution in [0.1, 0.15) is 12.8 Å². The van der Waals surface area contributed by atoms with Crippen molar-refractivity contribution in [1.29, 1.82) is 0 Å². The van der Waals surface area contributed by atoms with Gasteiger partial charge in [0.1, 0.15) is 5.82 Å². The zero-order valence-corrected chi connectivity index (χ0v) is 12.3. The summed E-state index contributed by atoms with van der Waals surface area (Å²) in [5.41, 5.74) is 0. The number of aliphatic hydroxyl groups excluding tert-OH is 1. The van der Waals surface area contributed by atoms with Crippen LogP contribution in [0.5, 0.6) is 0 Å². The molecule has 1 unspecified atom stereocenters. The highest BCUT2D eigenvalue weighted by Crippen LogP contribution is 2.21. The summed E-state index contributed by atoms with van der Waals surface area (Å²) in [5, 5.41) is 11.7. The molecule has 6 heteroatoms. The molecule has 0 saturated carbocycles. The Hall–Kier alpha value is -1.11. The Morgan fingerprint density at radius 2 is 2.25 bits per heavy atom. The number of methoxy groups -OCH3 is 1. The van der Waals surface area contributed by atoms with E-state index in [1.54, 1.807) is 25.3 Å². The maximum Gasteiger partial charge on any atom is 0.221 e. The third kappa shape index (κ3) is 6.36. The van der Waals surface area contributed by atoms with Gasteiger partial charge in [-0.1, -0.05) is 12.1 Å². The average Bonchev–Trinajstić information content (AvgIpc) is 2.41. The zero-order valence-electron chi connectivity index (χ0n) is 11.5. The molecule has 0 radical (unpaired) electrons. The van der Waals surface area contributed by atoms with Gasteiger partial charge in [-0.3, -0.25) is 4.79 Å². The molecule has 0 aromatic heterocycles. The Morgan fingerprint density at radius 1 is 1.50 bits per heavy atom. The minimum Gasteiger partial charge on any atom is -0.396 e. The number of ether oxygens (including phenoxy) is 1. The number of aliphatic hydroxyl groups is 1. The number of rotatable bonds is 9. The van der Waals surface area contributed by atoms with E-state index in [1.807, 2.05) is 0 Å². The number of benzene rings is 1. The molecule has 0 fully saturated rings. The maximum absolute atomic E-state index is 13.4. The summed E-state index contributed by atoms with van der Waals surface area (Å²) in [6.45, 7) is 0.366. The molecule has 2 N–H and O–H groups in total. The van der Waals surface area contributed by atoms with E-state index >= 15 is 0 Å². The van der Waals surface area contributed by atoms with Gasteiger partial charge in [-0.05, 0) is 18.6 Å². The second-order valence-corrected chi connectivity index (χ2v) is 5.40. The Bertz CT molecular complexity index is 411. The first kappa shape index (κ1) is 16.9. The highest BCUT2D eigenvalue weighted by molar-refractivity contribution is 7.99. The molecule has 0 heterocycles. The molecule has 0 spiro atoms. The van der Waals surface area contributed by atoms with E-state index in [0.717, 1.165) is 0 Å². The van der Waals surface area contributed by atoms with Crippen molar-refractivity contribution >= 4 is 17.7 Å². The van der Waals surface area contributed by atoms with E-state index in [4.69, 9.17) is 9.84 Å². The summed E-state index contributed by atoms with van der Waals surface area (Å²) in [6.07, 6.45) is 0.755. The third-order valence-electron chi connectivity index (χ3n) is 2.63. The summed E-state index contributed by atoms with van der Waals surface area (Å²) in [6, 6.07) is 6.31. The number of amides is 1. The number of nitrogens with one attached hydrogen (secondary N) is 1. The Kier molecular flexibility index (Phi) is 8.25. The fraction of sp³-hybridized carbons (Fsp3) is 0.500. The van der Waals surface area contributed by atoms with E-state index in [2.05, 4.69) is 5.32 Å². The standard InChI is InChI=1S/C14H20FNO3S/c1-19-10-11(6-8-17)16-14(18)7-9-20-13-5-3-2-4-12(13)15/h2-5,11,17H,6-10H2,1H3,(H,16,18). The summed E-state index contributed by atoms with van der Waals surface area (Å²) >= 11 is 1.31. The summed E-state index contributed by atoms with van der Waals surface area (Å²) in [5.74, 6) is 0.116. The molecule has 112 valence electrons. The lowest BCUT2D eigenvalue weighted by molar-refractivity contribution is -0.121. The first-order chi connectivity index (χ1) is 9.67. The van der Waals surface area contributed by atoms with E-state index in [9.17, 15) is 9.18 Å². The molecule has 20 heavy (non-hydrogen) atoms. The fourth-order valence-electron chi connectivity index (χ4n) is 1.67. The van der Waals surface area contributed by atoms with Crippen LogP contribution in [0.2, 0.25) is 0 Å². The van der Waals surface area contributed by atoms with Crippen molar-refractivity contribution in [2.45, 2.75) is 23.8 Å². The highest BCUT2D eigenvalue weighted by atomic mass is 32.2. The minimum atomic E-state index is -0.268. The SMILES string of the molecule is COCC(CCO)NC(=O)CCSc1ccccc1F. The quantitative estimate of drug-likeness (QED) is 0.683. The lowest BCUT2D eigenvalue weighted by Gasteiger charge is -2.16. The van der Waals surface area contributed by atoms with Crippen LogP contribution in [-0.2, 0) is 9.53 Å². The van der Waals surface area contributed by atoms with Gasteiger partial charge < -0.3 is 15.2 Å². The maximum atomic E-state index is 13.4. The molecular formula is C14H20FNO3S. The fourth-order valence-corrected chi connectivity index (χ4v) is 2.56. The van der Waals surface area contributed by atoms with E-state index < -0.39 is 0 Å². The lowest BCUT2D eigenvalue weighted by Crippen LogP contribution is -2.38. The number of hydrogen-bond donors (Lipinski definition) is 2. The van der Waals surface area contributed by atoms with Gasteiger partial charge in [-0.15, -0.1) is 11.8 Å². The Morgan fingerprint density at radius 3 is 2.90 bits per heavy atom. The van der Waals surface area contributed by atoms with Crippen molar-refractivity contribution in [3.63, 3.8) is 0 Å². The molecule has 1 aromatic rings. The molecule has 1 rings (SSSR count). The van der Waals surface area contributed by atoms with Crippen LogP contribution < -0.4 is 5.32 Å². The normalized spacial score (nSPS) is 12.2. The van der Waals surface area contributed by atoms with Gasteiger partial charge in [0.05, 0.1) is 12.6 Å². The van der Waals surface area contributed by atoms with Crippen LogP contribution in [0, 0.1) is 5.82 Å². The van der Waals surface area contributed by atoms with Gasteiger partial charge in [0, 0.05) is 30.8 Å². The topological polar surface area (TPSA) is 58.6 Å². The number of carbonyl (C=O) groups excluding carboxylic acids is 1. The largest absolute Gasteiger partial charge is 0.396 e. The number of thioether (sulfide) groups is 1. The van der Waals surface area contributed by atoms with Crippen LogP contribution in [0.3, 0.4) is 0 Å². The molecule has 0 aliphatic carbocycles. The Labute approximate surface area is 122 Å². The van der Waals surface area contributed by atoms with Gasteiger partial charge in [0.25, 0.3) is 0 Å². The van der Waals surface area contributed by atoms with Crippen LogP contribution in [0.25, 0.3) is 0 Å². The van der Waals surface area contributed by atoms with Crippen molar-refractivity contribution < 1.29 is 19.0 Å². The monoisotopic (exact) mass is 301 g/mol. The lowest BCUT2D eigenvalue weighted by atomic mass is 10.2. The van der Waals surface area contributed by atoms with E-state index in [-0.39, 0.29) is 24.4 Å². The second-order valence-electron chi connectivity index (χ2n) is 4.26. The summed E-state index contributed by atoms with van der Waals surface area (Å²) in [4.78, 5) is 12.3. The smallest absolute Gasteiger partial charge is 0.221 e. The van der Waals surface area contributed by atoms with Crippen molar-refractivity contribution in [2.24, 2.45) is 0 Å². The van der Waals surface area contributed by atoms with Gasteiger partial charge in [-0.25, -0.2) is 4.39 Å². The number of carbonyl (C=O) groups is 1. The molecule has 0 aliphatic rings. The predicted octanol–water partition coefficient (Wildman–Crippen LogP) is 1.82. The summed E-state index contributed by atoms with van der Waals surface area (Å²) in [7, 11) is 1.55. The van der Waals surface area contributed by atoms with Gasteiger partial charge in [0.2, 0.25) is 5.91 Å². The molecule has 0 aliphatic heterocycles. The van der Waals surface area contributed by atoms with Crippen LogP contribution in [0.15, 0.2) is 29.2 Å². The molecular weight excluding hydrogens is 281 g/mol. The van der Waals surface area contributed by atoms with Crippen LogP contribution >= 0.6 is 11.8 Å². The predicted molar refractivity (Wildman–Crippen MR) is 77.3 cm³/mol. The van der Waals surface area contributed by atoms with Crippen molar-refractivity contribution in [1.82, 2.24) is 5.32 Å². The molecule has 1 aromatic carbocycles. The number of halogens is 1. The van der Waals surface area contributed by atoms with Crippen molar-refractivity contribution in [3.8, 4) is 0 Å². The van der Waals surface area contributed by atoms with Gasteiger partial charge in [0.15, 0.2) is 0 Å². The van der Waals surface area contributed by atoms with Gasteiger partial charge >= 0.3 is 0 Å². The summed E-state index contributed by atoms with van der Waals surface area (Å²) < 4.78 is 18.3. The molecule has 0 saturated heterocycles. The van der Waals surface area contributed by atoms with E-state index in [1.165, 1.54) is 17.8 Å². The van der Waals surface area contributed by atoms with E-state index in [0.29, 0.717) is 30.1 Å². The third-order valence-corrected chi connectivity index (χ3v) is 3.68. The second kappa shape index (κ2) is 9.74. The van der Waals surface area contributed by atoms with Gasteiger partial charge in [-0.2, -0.15) is 0 Å². The molecule has 4 nitrogen and oxygen atoms in total. The Balaban J connectivity index is 2.30. The zero-order chi connectivity index (χ0) is 14.8.